The Kier molecular flexibility index (Phi) is 10.5. The molecular weight excluding hydrogens is 248 g/mol. The summed E-state index contributed by atoms with van der Waals surface area (Å²) >= 11 is 3.16. The lowest BCUT2D eigenvalue weighted by molar-refractivity contribution is -0.138. The van der Waals surface area contributed by atoms with Gasteiger partial charge in [-0.3, -0.25) is 9.59 Å². The SMILES string of the molecule is O=C(O)CCCS/C=C\SCCCC(=O)O. The summed E-state index contributed by atoms with van der Waals surface area (Å²) in [5.74, 6) is 0.0945. The number of hydrogen-bond acceptors (Lipinski definition) is 4. The molecule has 0 rings (SSSR count). The van der Waals surface area contributed by atoms with Crippen molar-refractivity contribution < 1.29 is 19.8 Å². The fourth-order valence-corrected chi connectivity index (χ4v) is 2.35. The molecule has 0 aliphatic heterocycles. The van der Waals surface area contributed by atoms with Crippen molar-refractivity contribution in [2.24, 2.45) is 0 Å². The van der Waals surface area contributed by atoms with Crippen LogP contribution in [0.3, 0.4) is 0 Å². The van der Waals surface area contributed by atoms with Crippen molar-refractivity contribution in [3.63, 3.8) is 0 Å². The zero-order chi connectivity index (χ0) is 12.2. The van der Waals surface area contributed by atoms with Crippen molar-refractivity contribution in [1.82, 2.24) is 0 Å². The Morgan fingerprint density at radius 3 is 1.56 bits per heavy atom. The van der Waals surface area contributed by atoms with Crippen molar-refractivity contribution >= 4 is 35.5 Å². The Labute approximate surface area is 103 Å². The summed E-state index contributed by atoms with van der Waals surface area (Å²) in [6.45, 7) is 0. The van der Waals surface area contributed by atoms with E-state index in [9.17, 15) is 9.59 Å². The van der Waals surface area contributed by atoms with Gasteiger partial charge in [0.15, 0.2) is 0 Å². The standard InChI is InChI=1S/C10H16O4S2/c11-9(12)3-1-5-15-7-8-16-6-2-4-10(13)14/h7-8H,1-6H2,(H,11,12)(H,13,14)/b8-7-. The van der Waals surface area contributed by atoms with Gasteiger partial charge in [-0.2, -0.15) is 0 Å². The van der Waals surface area contributed by atoms with Crippen LogP contribution >= 0.6 is 23.5 Å². The number of carboxylic acid groups (broad SMARTS) is 2. The number of aliphatic carboxylic acids is 2. The van der Waals surface area contributed by atoms with E-state index in [2.05, 4.69) is 0 Å². The molecule has 0 bridgehead atoms. The summed E-state index contributed by atoms with van der Waals surface area (Å²) in [6, 6.07) is 0. The van der Waals surface area contributed by atoms with E-state index in [1.165, 1.54) is 0 Å². The number of thioether (sulfide) groups is 2. The summed E-state index contributed by atoms with van der Waals surface area (Å²) in [5.41, 5.74) is 0. The van der Waals surface area contributed by atoms with Crippen molar-refractivity contribution in [2.45, 2.75) is 25.7 Å². The number of carboxylic acids is 2. The normalized spacial score (nSPS) is 10.8. The van der Waals surface area contributed by atoms with Gasteiger partial charge in [0, 0.05) is 12.8 Å². The van der Waals surface area contributed by atoms with Crippen LogP contribution in [0.1, 0.15) is 25.7 Å². The maximum Gasteiger partial charge on any atom is 0.303 e. The lowest BCUT2D eigenvalue weighted by Gasteiger charge is -1.94. The van der Waals surface area contributed by atoms with Crippen LogP contribution in [0.2, 0.25) is 0 Å². The second kappa shape index (κ2) is 10.9. The number of carbonyl (C=O) groups is 2. The van der Waals surface area contributed by atoms with E-state index in [1.807, 2.05) is 10.8 Å². The fourth-order valence-electron chi connectivity index (χ4n) is 0.828. The molecule has 0 radical (unpaired) electrons. The van der Waals surface area contributed by atoms with Crippen LogP contribution in [0.25, 0.3) is 0 Å². The van der Waals surface area contributed by atoms with Crippen LogP contribution in [0.4, 0.5) is 0 Å². The molecule has 0 unspecified atom stereocenters. The summed E-state index contributed by atoms with van der Waals surface area (Å²) in [4.78, 5) is 20.4. The van der Waals surface area contributed by atoms with Gasteiger partial charge in [0.05, 0.1) is 0 Å². The highest BCUT2D eigenvalue weighted by molar-refractivity contribution is 8.05. The van der Waals surface area contributed by atoms with Crippen LogP contribution in [-0.4, -0.2) is 33.7 Å². The van der Waals surface area contributed by atoms with E-state index in [0.29, 0.717) is 12.8 Å². The molecule has 0 aromatic heterocycles. The zero-order valence-electron chi connectivity index (χ0n) is 8.92. The number of hydrogen-bond donors (Lipinski definition) is 2. The van der Waals surface area contributed by atoms with Gasteiger partial charge in [-0.05, 0) is 35.2 Å². The predicted octanol–water partition coefficient (Wildman–Crippen LogP) is 2.65. The van der Waals surface area contributed by atoms with Crippen LogP contribution in [0.15, 0.2) is 10.8 Å². The lowest BCUT2D eigenvalue weighted by Crippen LogP contribution is -1.94. The van der Waals surface area contributed by atoms with Gasteiger partial charge >= 0.3 is 11.9 Å². The Balaban J connectivity index is 3.16. The summed E-state index contributed by atoms with van der Waals surface area (Å²) in [6.07, 6.45) is 1.78. The smallest absolute Gasteiger partial charge is 0.303 e. The third-order valence-electron chi connectivity index (χ3n) is 1.55. The molecule has 92 valence electrons. The van der Waals surface area contributed by atoms with E-state index in [4.69, 9.17) is 10.2 Å². The first-order chi connectivity index (χ1) is 7.63. The second-order valence-electron chi connectivity index (χ2n) is 3.01. The molecule has 0 heterocycles. The largest absolute Gasteiger partial charge is 0.481 e. The van der Waals surface area contributed by atoms with Gasteiger partial charge in [0.25, 0.3) is 0 Å². The Morgan fingerprint density at radius 1 is 0.875 bits per heavy atom. The maximum atomic E-state index is 10.2. The van der Waals surface area contributed by atoms with Crippen LogP contribution in [0, 0.1) is 0 Å². The highest BCUT2D eigenvalue weighted by Crippen LogP contribution is 2.12. The van der Waals surface area contributed by atoms with Crippen LogP contribution in [0.5, 0.6) is 0 Å². The quantitative estimate of drug-likeness (QED) is 0.591. The van der Waals surface area contributed by atoms with Gasteiger partial charge in [-0.25, -0.2) is 0 Å². The Hall–Kier alpha value is -0.620. The predicted molar refractivity (Wildman–Crippen MR) is 67.8 cm³/mol. The minimum absolute atomic E-state index is 0.215. The van der Waals surface area contributed by atoms with E-state index < -0.39 is 11.9 Å². The molecule has 0 atom stereocenters. The molecule has 0 aliphatic rings. The monoisotopic (exact) mass is 264 g/mol. The van der Waals surface area contributed by atoms with Crippen molar-refractivity contribution in [1.29, 1.82) is 0 Å². The lowest BCUT2D eigenvalue weighted by atomic mass is 10.3. The molecule has 0 aromatic rings. The molecule has 0 amide bonds. The Bertz CT molecular complexity index is 217. The maximum absolute atomic E-state index is 10.2. The molecule has 0 fully saturated rings. The topological polar surface area (TPSA) is 74.6 Å². The average Bonchev–Trinajstić information content (AvgIpc) is 2.20. The molecule has 0 aromatic carbocycles. The summed E-state index contributed by atoms with van der Waals surface area (Å²) in [5, 5.41) is 20.6. The molecule has 0 saturated heterocycles. The minimum atomic E-state index is -0.757. The van der Waals surface area contributed by atoms with E-state index in [1.54, 1.807) is 23.5 Å². The Morgan fingerprint density at radius 2 is 1.25 bits per heavy atom. The van der Waals surface area contributed by atoms with Gasteiger partial charge < -0.3 is 10.2 Å². The summed E-state index contributed by atoms with van der Waals surface area (Å²) < 4.78 is 0. The first kappa shape index (κ1) is 15.4. The molecule has 0 saturated carbocycles. The molecular formula is C10H16O4S2. The average molecular weight is 264 g/mol. The van der Waals surface area contributed by atoms with E-state index in [-0.39, 0.29) is 12.8 Å². The molecule has 0 spiro atoms. The third kappa shape index (κ3) is 13.4. The molecule has 16 heavy (non-hydrogen) atoms. The molecule has 0 aliphatic carbocycles. The van der Waals surface area contributed by atoms with Crippen molar-refractivity contribution in [3.05, 3.63) is 10.8 Å². The first-order valence-electron chi connectivity index (χ1n) is 4.94. The van der Waals surface area contributed by atoms with Gasteiger partial charge in [0.2, 0.25) is 0 Å². The third-order valence-corrected chi connectivity index (χ3v) is 3.43. The molecule has 6 heteroatoms. The van der Waals surface area contributed by atoms with Crippen LogP contribution < -0.4 is 0 Å². The first-order valence-corrected chi connectivity index (χ1v) is 7.04. The summed E-state index contributed by atoms with van der Waals surface area (Å²) in [7, 11) is 0. The highest BCUT2D eigenvalue weighted by Gasteiger charge is 1.95. The zero-order valence-corrected chi connectivity index (χ0v) is 10.6. The molecule has 4 nitrogen and oxygen atoms in total. The molecule has 2 N–H and O–H groups in total. The van der Waals surface area contributed by atoms with Gasteiger partial charge in [0.1, 0.15) is 0 Å². The van der Waals surface area contributed by atoms with Gasteiger partial charge in [-0.15, -0.1) is 23.5 Å². The van der Waals surface area contributed by atoms with Crippen LogP contribution in [-0.2, 0) is 9.59 Å². The van der Waals surface area contributed by atoms with E-state index in [0.717, 1.165) is 11.5 Å². The van der Waals surface area contributed by atoms with Crippen molar-refractivity contribution in [2.75, 3.05) is 11.5 Å². The number of rotatable bonds is 10. The van der Waals surface area contributed by atoms with Gasteiger partial charge in [-0.1, -0.05) is 0 Å². The van der Waals surface area contributed by atoms with Crippen molar-refractivity contribution in [3.8, 4) is 0 Å². The highest BCUT2D eigenvalue weighted by atomic mass is 32.2. The van der Waals surface area contributed by atoms with E-state index >= 15 is 0 Å². The minimum Gasteiger partial charge on any atom is -0.481 e. The fraction of sp³-hybridized carbons (Fsp3) is 0.600. The second-order valence-corrected chi connectivity index (χ2v) is 5.04.